The Kier molecular flexibility index (Phi) is 6.14. The van der Waals surface area contributed by atoms with Crippen LogP contribution in [0.3, 0.4) is 0 Å². The zero-order chi connectivity index (χ0) is 24.3. The number of anilines is 1. The topological polar surface area (TPSA) is 98.8 Å². The molecular formula is C26H24N4O4. The number of urea groups is 1. The highest BCUT2D eigenvalue weighted by Crippen LogP contribution is 2.35. The lowest BCUT2D eigenvalue weighted by Crippen LogP contribution is -2.45. The molecule has 8 nitrogen and oxygen atoms in total. The molecule has 172 valence electrons. The standard InChI is InChI=1S/C26H24N4O4/c1-29(2)23(32)18-13-15-21(16-14-18)27-22(31)17-30-24(33)26(28-25(30)34,19-9-5-3-6-10-19)20-11-7-4-8-12-20/h3-16H,17H2,1-2H3,(H,27,31)(H,28,34). The molecule has 0 aromatic heterocycles. The summed E-state index contributed by atoms with van der Waals surface area (Å²) in [7, 11) is 3.31. The van der Waals surface area contributed by atoms with Gasteiger partial charge in [-0.25, -0.2) is 4.79 Å². The Morgan fingerprint density at radius 2 is 1.38 bits per heavy atom. The Bertz CT molecular complexity index is 1190. The van der Waals surface area contributed by atoms with Crippen LogP contribution in [0.5, 0.6) is 0 Å². The van der Waals surface area contributed by atoms with Gasteiger partial charge in [0.2, 0.25) is 5.91 Å². The molecule has 3 aromatic rings. The van der Waals surface area contributed by atoms with Crippen LogP contribution in [0.2, 0.25) is 0 Å². The van der Waals surface area contributed by atoms with Crippen molar-refractivity contribution in [2.24, 2.45) is 0 Å². The van der Waals surface area contributed by atoms with Crippen LogP contribution in [0.1, 0.15) is 21.5 Å². The van der Waals surface area contributed by atoms with E-state index in [0.29, 0.717) is 22.4 Å². The number of rotatable bonds is 6. The van der Waals surface area contributed by atoms with Crippen LogP contribution < -0.4 is 10.6 Å². The largest absolute Gasteiger partial charge is 0.345 e. The number of carbonyl (C=O) groups is 4. The Labute approximate surface area is 197 Å². The maximum atomic E-state index is 13.6. The van der Waals surface area contributed by atoms with Gasteiger partial charge in [-0.1, -0.05) is 60.7 Å². The fourth-order valence-corrected chi connectivity index (χ4v) is 3.95. The predicted molar refractivity (Wildman–Crippen MR) is 127 cm³/mol. The Hall–Kier alpha value is -4.46. The first-order valence-electron chi connectivity index (χ1n) is 10.7. The molecule has 1 aliphatic rings. The average Bonchev–Trinajstić information content (AvgIpc) is 3.10. The van der Waals surface area contributed by atoms with Crippen LogP contribution >= 0.6 is 0 Å². The summed E-state index contributed by atoms with van der Waals surface area (Å²) in [4.78, 5) is 53.6. The molecule has 0 atom stereocenters. The van der Waals surface area contributed by atoms with E-state index in [4.69, 9.17) is 0 Å². The van der Waals surface area contributed by atoms with Crippen molar-refractivity contribution in [2.45, 2.75) is 5.54 Å². The highest BCUT2D eigenvalue weighted by atomic mass is 16.2. The van der Waals surface area contributed by atoms with E-state index in [2.05, 4.69) is 10.6 Å². The van der Waals surface area contributed by atoms with Gasteiger partial charge in [-0.15, -0.1) is 0 Å². The van der Waals surface area contributed by atoms with E-state index in [1.165, 1.54) is 4.90 Å². The van der Waals surface area contributed by atoms with Gasteiger partial charge in [0, 0.05) is 25.3 Å². The SMILES string of the molecule is CN(C)C(=O)c1ccc(NC(=O)CN2C(=O)NC(c3ccccc3)(c3ccccc3)C2=O)cc1. The van der Waals surface area contributed by atoms with Gasteiger partial charge in [-0.3, -0.25) is 19.3 Å². The maximum Gasteiger partial charge on any atom is 0.326 e. The second-order valence-electron chi connectivity index (χ2n) is 8.13. The van der Waals surface area contributed by atoms with Crippen molar-refractivity contribution in [3.05, 3.63) is 102 Å². The molecule has 3 aromatic carbocycles. The van der Waals surface area contributed by atoms with Gasteiger partial charge in [0.25, 0.3) is 11.8 Å². The van der Waals surface area contributed by atoms with Crippen molar-refractivity contribution in [1.82, 2.24) is 15.1 Å². The summed E-state index contributed by atoms with van der Waals surface area (Å²) in [5, 5.41) is 5.49. The molecule has 1 heterocycles. The number of amides is 5. The van der Waals surface area contributed by atoms with E-state index in [1.807, 2.05) is 12.1 Å². The quantitative estimate of drug-likeness (QED) is 0.557. The predicted octanol–water partition coefficient (Wildman–Crippen LogP) is 2.82. The summed E-state index contributed by atoms with van der Waals surface area (Å²) in [6.45, 7) is -0.454. The maximum absolute atomic E-state index is 13.6. The van der Waals surface area contributed by atoms with Crippen LogP contribution in [-0.2, 0) is 15.1 Å². The lowest BCUT2D eigenvalue weighted by molar-refractivity contribution is -0.133. The highest BCUT2D eigenvalue weighted by Gasteiger charge is 2.54. The molecule has 8 heteroatoms. The molecule has 34 heavy (non-hydrogen) atoms. The monoisotopic (exact) mass is 456 g/mol. The number of benzene rings is 3. The first-order chi connectivity index (χ1) is 16.3. The van der Waals surface area contributed by atoms with Gasteiger partial charge in [0.05, 0.1) is 0 Å². The second kappa shape index (κ2) is 9.19. The summed E-state index contributed by atoms with van der Waals surface area (Å²) in [5.41, 5.74) is 0.707. The van der Waals surface area contributed by atoms with Crippen molar-refractivity contribution in [1.29, 1.82) is 0 Å². The third kappa shape index (κ3) is 4.13. The van der Waals surface area contributed by atoms with Crippen LogP contribution in [0.4, 0.5) is 10.5 Å². The van der Waals surface area contributed by atoms with Gasteiger partial charge in [0.1, 0.15) is 6.54 Å². The minimum atomic E-state index is -1.42. The fraction of sp³-hybridized carbons (Fsp3) is 0.154. The number of hydrogen-bond acceptors (Lipinski definition) is 4. The summed E-state index contributed by atoms with van der Waals surface area (Å²) < 4.78 is 0. The van der Waals surface area contributed by atoms with E-state index < -0.39 is 29.9 Å². The van der Waals surface area contributed by atoms with Crippen molar-refractivity contribution < 1.29 is 19.2 Å². The summed E-state index contributed by atoms with van der Waals surface area (Å²) in [6.07, 6.45) is 0. The van der Waals surface area contributed by atoms with Crippen LogP contribution in [0.25, 0.3) is 0 Å². The molecule has 0 bridgehead atoms. The third-order valence-corrected chi connectivity index (χ3v) is 5.64. The van der Waals surface area contributed by atoms with Crippen LogP contribution in [0, 0.1) is 0 Å². The third-order valence-electron chi connectivity index (χ3n) is 5.64. The van der Waals surface area contributed by atoms with Gasteiger partial charge in [0.15, 0.2) is 5.54 Å². The number of carbonyl (C=O) groups excluding carboxylic acids is 4. The second-order valence-corrected chi connectivity index (χ2v) is 8.13. The van der Waals surface area contributed by atoms with E-state index in [1.54, 1.807) is 86.9 Å². The first-order valence-corrected chi connectivity index (χ1v) is 10.7. The molecule has 0 saturated carbocycles. The molecule has 0 spiro atoms. The zero-order valence-corrected chi connectivity index (χ0v) is 18.8. The molecule has 0 aliphatic carbocycles. The van der Waals surface area contributed by atoms with Crippen LogP contribution in [-0.4, -0.2) is 54.2 Å². The normalized spacial score (nSPS) is 14.5. The first kappa shape index (κ1) is 22.7. The molecule has 2 N–H and O–H groups in total. The minimum absolute atomic E-state index is 0.157. The number of nitrogens with one attached hydrogen (secondary N) is 2. The summed E-state index contributed by atoms with van der Waals surface area (Å²) >= 11 is 0. The molecule has 1 saturated heterocycles. The van der Waals surface area contributed by atoms with Gasteiger partial charge in [-0.05, 0) is 35.4 Å². The van der Waals surface area contributed by atoms with Crippen molar-refractivity contribution in [3.8, 4) is 0 Å². The molecule has 5 amide bonds. The molecule has 4 rings (SSSR count). The zero-order valence-electron chi connectivity index (χ0n) is 18.8. The molecule has 1 fully saturated rings. The van der Waals surface area contributed by atoms with Crippen LogP contribution in [0.15, 0.2) is 84.9 Å². The number of hydrogen-bond donors (Lipinski definition) is 2. The summed E-state index contributed by atoms with van der Waals surface area (Å²) in [6, 6.07) is 23.6. The molecule has 0 unspecified atom stereocenters. The Morgan fingerprint density at radius 3 is 1.88 bits per heavy atom. The molecule has 1 aliphatic heterocycles. The minimum Gasteiger partial charge on any atom is -0.345 e. The smallest absolute Gasteiger partial charge is 0.326 e. The number of imide groups is 1. The van der Waals surface area contributed by atoms with E-state index in [-0.39, 0.29) is 5.91 Å². The Balaban J connectivity index is 1.55. The lowest BCUT2D eigenvalue weighted by Gasteiger charge is -2.28. The Morgan fingerprint density at radius 1 is 0.853 bits per heavy atom. The number of nitrogens with zero attached hydrogens (tertiary/aromatic N) is 2. The van der Waals surface area contributed by atoms with Crippen molar-refractivity contribution in [2.75, 3.05) is 26.0 Å². The fourth-order valence-electron chi connectivity index (χ4n) is 3.95. The van der Waals surface area contributed by atoms with Crippen molar-refractivity contribution in [3.63, 3.8) is 0 Å². The van der Waals surface area contributed by atoms with Gasteiger partial charge < -0.3 is 15.5 Å². The van der Waals surface area contributed by atoms with E-state index >= 15 is 0 Å². The molecular weight excluding hydrogens is 432 g/mol. The summed E-state index contributed by atoms with van der Waals surface area (Å²) in [5.74, 6) is -1.22. The van der Waals surface area contributed by atoms with E-state index in [9.17, 15) is 19.2 Å². The van der Waals surface area contributed by atoms with Gasteiger partial charge in [-0.2, -0.15) is 0 Å². The average molecular weight is 457 g/mol. The highest BCUT2D eigenvalue weighted by molar-refractivity contribution is 6.12. The van der Waals surface area contributed by atoms with Gasteiger partial charge >= 0.3 is 6.03 Å². The molecule has 0 radical (unpaired) electrons. The lowest BCUT2D eigenvalue weighted by atomic mass is 9.82. The van der Waals surface area contributed by atoms with E-state index in [0.717, 1.165) is 4.90 Å². The van der Waals surface area contributed by atoms with Crippen molar-refractivity contribution >= 4 is 29.4 Å².